The Bertz CT molecular complexity index is 119. The van der Waals surface area contributed by atoms with Crippen LogP contribution in [0.1, 0.15) is 32.6 Å². The summed E-state index contributed by atoms with van der Waals surface area (Å²) in [5.41, 5.74) is 0. The maximum absolute atomic E-state index is 5.61. The first-order chi connectivity index (χ1) is 5.88. The topological polar surface area (TPSA) is 18.5 Å². The minimum Gasteiger partial charge on any atom is -0.378 e. The van der Waals surface area contributed by atoms with Crippen LogP contribution in [-0.2, 0) is 9.47 Å². The first-order valence-corrected chi connectivity index (χ1v) is 4.94. The summed E-state index contributed by atoms with van der Waals surface area (Å²) in [6.45, 7) is 4.06. The summed E-state index contributed by atoms with van der Waals surface area (Å²) < 4.78 is 11.2. The van der Waals surface area contributed by atoms with Gasteiger partial charge in [0.2, 0.25) is 0 Å². The SMILES string of the molecule is C[C](C1CCCO1)C1CCCO1. The molecule has 2 rings (SSSR count). The van der Waals surface area contributed by atoms with Gasteiger partial charge in [-0.2, -0.15) is 0 Å². The van der Waals surface area contributed by atoms with Crippen LogP contribution in [0.2, 0.25) is 0 Å². The first kappa shape index (κ1) is 8.52. The molecule has 2 atom stereocenters. The van der Waals surface area contributed by atoms with E-state index in [2.05, 4.69) is 6.92 Å². The lowest BCUT2D eigenvalue weighted by molar-refractivity contribution is 0.0594. The minimum atomic E-state index is 0.396. The standard InChI is InChI=1S/C10H17O2/c1-8(9-4-2-6-11-9)10-5-3-7-12-10/h9-10H,2-7H2,1H3. The Morgan fingerprint density at radius 3 is 1.83 bits per heavy atom. The quantitative estimate of drug-likeness (QED) is 0.629. The van der Waals surface area contributed by atoms with Gasteiger partial charge in [-0.3, -0.25) is 0 Å². The highest BCUT2D eigenvalue weighted by molar-refractivity contribution is 5.03. The van der Waals surface area contributed by atoms with E-state index in [0.717, 1.165) is 13.2 Å². The lowest BCUT2D eigenvalue weighted by Gasteiger charge is -2.23. The summed E-state index contributed by atoms with van der Waals surface area (Å²) in [5.74, 6) is 1.42. The van der Waals surface area contributed by atoms with Crippen molar-refractivity contribution >= 4 is 0 Å². The van der Waals surface area contributed by atoms with E-state index in [-0.39, 0.29) is 0 Å². The Hall–Kier alpha value is -0.0800. The molecule has 2 heterocycles. The van der Waals surface area contributed by atoms with Gasteiger partial charge in [-0.15, -0.1) is 0 Å². The zero-order valence-corrected chi connectivity index (χ0v) is 7.71. The number of hydrogen-bond donors (Lipinski definition) is 0. The Morgan fingerprint density at radius 1 is 1.00 bits per heavy atom. The molecular formula is C10H17O2. The third-order valence-electron chi connectivity index (χ3n) is 2.88. The van der Waals surface area contributed by atoms with Crippen molar-refractivity contribution in [3.8, 4) is 0 Å². The van der Waals surface area contributed by atoms with Gasteiger partial charge >= 0.3 is 0 Å². The summed E-state index contributed by atoms with van der Waals surface area (Å²) >= 11 is 0. The molecule has 2 heteroatoms. The summed E-state index contributed by atoms with van der Waals surface area (Å²) in [4.78, 5) is 0. The summed E-state index contributed by atoms with van der Waals surface area (Å²) in [6.07, 6.45) is 5.63. The highest BCUT2D eigenvalue weighted by Crippen LogP contribution is 2.30. The van der Waals surface area contributed by atoms with Gasteiger partial charge in [0.15, 0.2) is 0 Å². The predicted octanol–water partition coefficient (Wildman–Crippen LogP) is 1.94. The van der Waals surface area contributed by atoms with Crippen molar-refractivity contribution in [3.63, 3.8) is 0 Å². The molecule has 0 saturated carbocycles. The fourth-order valence-corrected chi connectivity index (χ4v) is 2.08. The number of hydrogen-bond acceptors (Lipinski definition) is 2. The maximum Gasteiger partial charge on any atom is 0.0661 e. The van der Waals surface area contributed by atoms with Crippen LogP contribution in [0.15, 0.2) is 0 Å². The Labute approximate surface area is 74.2 Å². The fraction of sp³-hybridized carbons (Fsp3) is 0.900. The van der Waals surface area contributed by atoms with E-state index in [9.17, 15) is 0 Å². The molecule has 0 N–H and O–H groups in total. The van der Waals surface area contributed by atoms with E-state index in [4.69, 9.17) is 9.47 Å². The molecule has 69 valence electrons. The molecule has 0 aromatic carbocycles. The zero-order chi connectivity index (χ0) is 8.39. The molecule has 2 fully saturated rings. The average Bonchev–Trinajstić information content (AvgIpc) is 2.77. The zero-order valence-electron chi connectivity index (χ0n) is 7.71. The van der Waals surface area contributed by atoms with Crippen LogP contribution in [0.3, 0.4) is 0 Å². The highest BCUT2D eigenvalue weighted by Gasteiger charge is 2.31. The first-order valence-electron chi connectivity index (χ1n) is 4.94. The molecule has 0 bridgehead atoms. The molecule has 2 saturated heterocycles. The molecule has 2 unspecified atom stereocenters. The van der Waals surface area contributed by atoms with E-state index in [1.165, 1.54) is 31.6 Å². The van der Waals surface area contributed by atoms with E-state index in [0.29, 0.717) is 12.2 Å². The van der Waals surface area contributed by atoms with E-state index >= 15 is 0 Å². The molecule has 12 heavy (non-hydrogen) atoms. The molecule has 0 spiro atoms. The van der Waals surface area contributed by atoms with Gasteiger partial charge < -0.3 is 9.47 Å². The van der Waals surface area contributed by atoms with Gasteiger partial charge in [-0.1, -0.05) is 6.92 Å². The van der Waals surface area contributed by atoms with Crippen LogP contribution in [-0.4, -0.2) is 25.4 Å². The summed E-state index contributed by atoms with van der Waals surface area (Å²) in [5, 5.41) is 0. The van der Waals surface area contributed by atoms with Crippen LogP contribution in [0.5, 0.6) is 0 Å². The van der Waals surface area contributed by atoms with E-state index in [1.807, 2.05) is 0 Å². The minimum absolute atomic E-state index is 0.396. The Kier molecular flexibility index (Phi) is 2.66. The van der Waals surface area contributed by atoms with Crippen LogP contribution in [0.25, 0.3) is 0 Å². The molecule has 0 amide bonds. The molecule has 0 aromatic heterocycles. The van der Waals surface area contributed by atoms with Gasteiger partial charge in [0, 0.05) is 19.1 Å². The van der Waals surface area contributed by atoms with Crippen molar-refractivity contribution in [1.82, 2.24) is 0 Å². The van der Waals surface area contributed by atoms with Gasteiger partial charge in [0.1, 0.15) is 0 Å². The predicted molar refractivity (Wildman–Crippen MR) is 46.9 cm³/mol. The van der Waals surface area contributed by atoms with Crippen molar-refractivity contribution in [2.24, 2.45) is 0 Å². The van der Waals surface area contributed by atoms with Gasteiger partial charge in [-0.25, -0.2) is 0 Å². The molecular weight excluding hydrogens is 152 g/mol. The van der Waals surface area contributed by atoms with Crippen LogP contribution < -0.4 is 0 Å². The van der Waals surface area contributed by atoms with Crippen molar-refractivity contribution in [2.45, 2.75) is 44.8 Å². The van der Waals surface area contributed by atoms with E-state index in [1.54, 1.807) is 0 Å². The van der Waals surface area contributed by atoms with Crippen molar-refractivity contribution in [1.29, 1.82) is 0 Å². The second kappa shape index (κ2) is 3.75. The molecule has 2 aliphatic rings. The fourth-order valence-electron chi connectivity index (χ4n) is 2.08. The van der Waals surface area contributed by atoms with Crippen LogP contribution in [0, 0.1) is 5.92 Å². The number of ether oxygens (including phenoxy) is 2. The second-order valence-electron chi connectivity index (χ2n) is 3.75. The third kappa shape index (κ3) is 1.64. The second-order valence-corrected chi connectivity index (χ2v) is 3.75. The molecule has 2 aliphatic heterocycles. The van der Waals surface area contributed by atoms with Gasteiger partial charge in [0.25, 0.3) is 0 Å². The van der Waals surface area contributed by atoms with Gasteiger partial charge in [0.05, 0.1) is 12.2 Å². The third-order valence-corrected chi connectivity index (χ3v) is 2.88. The summed E-state index contributed by atoms with van der Waals surface area (Å²) in [7, 11) is 0. The van der Waals surface area contributed by atoms with Crippen molar-refractivity contribution < 1.29 is 9.47 Å². The largest absolute Gasteiger partial charge is 0.378 e. The normalized spacial score (nSPS) is 36.5. The lowest BCUT2D eigenvalue weighted by Crippen LogP contribution is -2.26. The van der Waals surface area contributed by atoms with Crippen molar-refractivity contribution in [2.75, 3.05) is 13.2 Å². The lowest BCUT2D eigenvalue weighted by atomic mass is 9.94. The molecule has 2 nitrogen and oxygen atoms in total. The Balaban J connectivity index is 1.84. The van der Waals surface area contributed by atoms with Gasteiger partial charge in [-0.05, 0) is 25.7 Å². The smallest absolute Gasteiger partial charge is 0.0661 e. The average molecular weight is 169 g/mol. The van der Waals surface area contributed by atoms with Crippen LogP contribution in [0.4, 0.5) is 0 Å². The Morgan fingerprint density at radius 2 is 1.50 bits per heavy atom. The molecule has 0 aliphatic carbocycles. The van der Waals surface area contributed by atoms with Crippen LogP contribution >= 0.6 is 0 Å². The summed E-state index contributed by atoms with van der Waals surface area (Å²) in [6, 6.07) is 0. The highest BCUT2D eigenvalue weighted by atomic mass is 16.5. The monoisotopic (exact) mass is 169 g/mol. The van der Waals surface area contributed by atoms with E-state index < -0.39 is 0 Å². The molecule has 0 aromatic rings. The van der Waals surface area contributed by atoms with Crippen molar-refractivity contribution in [3.05, 3.63) is 5.92 Å². The number of rotatable bonds is 2. The maximum atomic E-state index is 5.61. The molecule has 1 radical (unpaired) electrons.